The number of hydrogen-bond acceptors (Lipinski definition) is 5. The molecule has 1 aromatic heterocycles. The third-order valence-corrected chi connectivity index (χ3v) is 2.86. The lowest BCUT2D eigenvalue weighted by Gasteiger charge is -2.19. The molecule has 0 aliphatic carbocycles. The Morgan fingerprint density at radius 3 is 2.77 bits per heavy atom. The molecule has 0 atom stereocenters. The Labute approximate surface area is 130 Å². The molecule has 6 heteroatoms. The molecular formula is C16H23N3O3. The highest BCUT2D eigenvalue weighted by Crippen LogP contribution is 2.20. The molecule has 1 heterocycles. The predicted octanol–water partition coefficient (Wildman–Crippen LogP) is 3.33. The van der Waals surface area contributed by atoms with Gasteiger partial charge in [-0.1, -0.05) is 6.92 Å². The number of fused-ring (bicyclic) bond motifs is 1. The molecule has 120 valence electrons. The summed E-state index contributed by atoms with van der Waals surface area (Å²) in [6.45, 7) is 8.59. The number of alkyl carbamates (subject to hydrolysis) is 1. The fourth-order valence-corrected chi connectivity index (χ4v) is 1.92. The molecule has 0 aliphatic rings. The molecule has 0 aliphatic heterocycles. The number of ether oxygens (including phenoxy) is 1. The van der Waals surface area contributed by atoms with Crippen molar-refractivity contribution in [2.24, 2.45) is 0 Å². The van der Waals surface area contributed by atoms with E-state index < -0.39 is 11.7 Å². The quantitative estimate of drug-likeness (QED) is 0.829. The van der Waals surface area contributed by atoms with Crippen molar-refractivity contribution < 1.29 is 13.9 Å². The third kappa shape index (κ3) is 4.65. The average Bonchev–Trinajstić information content (AvgIpc) is 2.84. The number of carbonyl (C=O) groups excluding carboxylic acids is 1. The number of benzene rings is 1. The Kier molecular flexibility index (Phi) is 4.90. The van der Waals surface area contributed by atoms with Crippen LogP contribution in [0.4, 0.5) is 10.5 Å². The van der Waals surface area contributed by atoms with Crippen molar-refractivity contribution in [3.8, 4) is 0 Å². The van der Waals surface area contributed by atoms with Crippen LogP contribution < -0.4 is 10.6 Å². The summed E-state index contributed by atoms with van der Waals surface area (Å²) >= 11 is 0. The second-order valence-corrected chi connectivity index (χ2v) is 6.00. The summed E-state index contributed by atoms with van der Waals surface area (Å²) in [7, 11) is 0. The van der Waals surface area contributed by atoms with Crippen molar-refractivity contribution in [1.29, 1.82) is 0 Å². The van der Waals surface area contributed by atoms with Crippen LogP contribution in [-0.4, -0.2) is 29.8 Å². The summed E-state index contributed by atoms with van der Waals surface area (Å²) in [5.41, 5.74) is 2.08. The van der Waals surface area contributed by atoms with Gasteiger partial charge in [0.05, 0.1) is 0 Å². The molecule has 6 nitrogen and oxygen atoms in total. The first kappa shape index (κ1) is 16.1. The fraction of sp³-hybridized carbons (Fsp3) is 0.500. The van der Waals surface area contributed by atoms with Gasteiger partial charge >= 0.3 is 6.09 Å². The molecule has 22 heavy (non-hydrogen) atoms. The van der Waals surface area contributed by atoms with Gasteiger partial charge in [-0.05, 0) is 39.0 Å². The minimum atomic E-state index is -0.480. The number of nitrogens with zero attached hydrogens (tertiary/aromatic N) is 1. The molecule has 2 aromatic rings. The second-order valence-electron chi connectivity index (χ2n) is 6.00. The maximum absolute atomic E-state index is 11.5. The molecule has 0 bridgehead atoms. The summed E-state index contributed by atoms with van der Waals surface area (Å²) in [6.07, 6.45) is 0.367. The van der Waals surface area contributed by atoms with E-state index in [9.17, 15) is 4.79 Å². The normalized spacial score (nSPS) is 11.5. The zero-order valence-corrected chi connectivity index (χ0v) is 13.5. The molecule has 0 spiro atoms. The van der Waals surface area contributed by atoms with Gasteiger partial charge in [0.1, 0.15) is 11.1 Å². The monoisotopic (exact) mass is 305 g/mol. The van der Waals surface area contributed by atoms with Crippen LogP contribution in [0.2, 0.25) is 0 Å². The smallest absolute Gasteiger partial charge is 0.407 e. The van der Waals surface area contributed by atoms with Crippen LogP contribution in [0.3, 0.4) is 0 Å². The van der Waals surface area contributed by atoms with Crippen molar-refractivity contribution in [2.75, 3.05) is 18.4 Å². The number of rotatable bonds is 5. The van der Waals surface area contributed by atoms with E-state index in [-0.39, 0.29) is 0 Å². The molecule has 1 amide bonds. The Morgan fingerprint density at radius 1 is 1.32 bits per heavy atom. The lowest BCUT2D eigenvalue weighted by Crippen LogP contribution is -2.34. The zero-order valence-electron chi connectivity index (χ0n) is 13.5. The van der Waals surface area contributed by atoms with E-state index in [4.69, 9.17) is 9.15 Å². The Morgan fingerprint density at radius 2 is 2.09 bits per heavy atom. The predicted molar refractivity (Wildman–Crippen MR) is 86.1 cm³/mol. The molecule has 2 N–H and O–H groups in total. The van der Waals surface area contributed by atoms with Crippen LogP contribution in [0.1, 0.15) is 33.6 Å². The van der Waals surface area contributed by atoms with E-state index in [2.05, 4.69) is 15.6 Å². The van der Waals surface area contributed by atoms with Crippen LogP contribution in [-0.2, 0) is 11.2 Å². The molecule has 0 fully saturated rings. The first-order valence-corrected chi connectivity index (χ1v) is 7.47. The molecular weight excluding hydrogens is 282 g/mol. The van der Waals surface area contributed by atoms with Gasteiger partial charge in [-0.15, -0.1) is 0 Å². The molecule has 0 radical (unpaired) electrons. The van der Waals surface area contributed by atoms with Gasteiger partial charge in [0.2, 0.25) is 0 Å². The zero-order chi connectivity index (χ0) is 16.2. The highest BCUT2D eigenvalue weighted by atomic mass is 16.6. The topological polar surface area (TPSA) is 76.4 Å². The Balaban J connectivity index is 1.81. The van der Waals surface area contributed by atoms with E-state index in [1.165, 1.54) is 0 Å². The summed E-state index contributed by atoms with van der Waals surface area (Å²) in [5, 5.41) is 5.93. The molecule has 0 saturated heterocycles. The van der Waals surface area contributed by atoms with Crippen LogP contribution in [0, 0.1) is 0 Å². The van der Waals surface area contributed by atoms with Crippen molar-refractivity contribution in [3.05, 3.63) is 24.1 Å². The summed E-state index contributed by atoms with van der Waals surface area (Å²) < 4.78 is 10.7. The number of anilines is 1. The van der Waals surface area contributed by atoms with Gasteiger partial charge in [0.15, 0.2) is 11.5 Å². The number of oxazole rings is 1. The van der Waals surface area contributed by atoms with Crippen LogP contribution >= 0.6 is 0 Å². The minimum Gasteiger partial charge on any atom is -0.444 e. The highest BCUT2D eigenvalue weighted by molar-refractivity contribution is 5.77. The Bertz CT molecular complexity index is 644. The van der Waals surface area contributed by atoms with Gasteiger partial charge in [-0.2, -0.15) is 0 Å². The van der Waals surface area contributed by atoms with Gasteiger partial charge in [0.25, 0.3) is 0 Å². The van der Waals surface area contributed by atoms with Gasteiger partial charge in [0, 0.05) is 25.2 Å². The first-order chi connectivity index (χ1) is 10.4. The Hall–Kier alpha value is -2.24. The van der Waals surface area contributed by atoms with E-state index in [1.54, 1.807) is 0 Å². The highest BCUT2D eigenvalue weighted by Gasteiger charge is 2.15. The lowest BCUT2D eigenvalue weighted by molar-refractivity contribution is 0.0530. The van der Waals surface area contributed by atoms with E-state index in [0.29, 0.717) is 13.1 Å². The van der Waals surface area contributed by atoms with Crippen LogP contribution in [0.25, 0.3) is 11.1 Å². The average molecular weight is 305 g/mol. The molecule has 0 saturated carbocycles. The summed E-state index contributed by atoms with van der Waals surface area (Å²) in [6, 6.07) is 5.76. The van der Waals surface area contributed by atoms with Gasteiger partial charge < -0.3 is 19.8 Å². The van der Waals surface area contributed by atoms with E-state index in [1.807, 2.05) is 45.9 Å². The minimum absolute atomic E-state index is 0.408. The molecule has 1 aromatic carbocycles. The first-order valence-electron chi connectivity index (χ1n) is 7.47. The van der Waals surface area contributed by atoms with Gasteiger partial charge in [-0.25, -0.2) is 9.78 Å². The number of nitrogens with one attached hydrogen (secondary N) is 2. The summed E-state index contributed by atoms with van der Waals surface area (Å²) in [5.74, 6) is 0.735. The number of amides is 1. The number of aromatic nitrogens is 1. The van der Waals surface area contributed by atoms with Gasteiger partial charge in [-0.3, -0.25) is 0 Å². The second kappa shape index (κ2) is 6.68. The van der Waals surface area contributed by atoms with Crippen molar-refractivity contribution >= 4 is 22.9 Å². The maximum Gasteiger partial charge on any atom is 0.407 e. The number of aryl methyl sites for hydroxylation is 1. The number of carbonyl (C=O) groups is 1. The van der Waals surface area contributed by atoms with Crippen molar-refractivity contribution in [1.82, 2.24) is 10.3 Å². The van der Waals surface area contributed by atoms with Crippen LogP contribution in [0.15, 0.2) is 22.6 Å². The largest absolute Gasteiger partial charge is 0.444 e. The standard InChI is InChI=1S/C16H23N3O3/c1-5-14-19-12-10-11(6-7-13(12)21-14)17-8-9-18-15(20)22-16(2,3)4/h6-7,10,17H,5,8-9H2,1-4H3,(H,18,20). The van der Waals surface area contributed by atoms with E-state index >= 15 is 0 Å². The molecule has 2 rings (SSSR count). The van der Waals surface area contributed by atoms with Crippen LogP contribution in [0.5, 0.6) is 0 Å². The summed E-state index contributed by atoms with van der Waals surface area (Å²) in [4.78, 5) is 15.9. The SMILES string of the molecule is CCc1nc2cc(NCCNC(=O)OC(C)(C)C)ccc2o1. The van der Waals surface area contributed by atoms with E-state index in [0.717, 1.165) is 29.1 Å². The lowest BCUT2D eigenvalue weighted by atomic mass is 10.2. The third-order valence-electron chi connectivity index (χ3n) is 2.86. The fourth-order valence-electron chi connectivity index (χ4n) is 1.92. The molecule has 0 unspecified atom stereocenters. The van der Waals surface area contributed by atoms with Crippen molar-refractivity contribution in [3.63, 3.8) is 0 Å². The van der Waals surface area contributed by atoms with Crippen molar-refractivity contribution in [2.45, 2.75) is 39.7 Å². The maximum atomic E-state index is 11.5. The number of hydrogen-bond donors (Lipinski definition) is 2.